The van der Waals surface area contributed by atoms with Crippen molar-refractivity contribution in [3.05, 3.63) is 71.8 Å². The summed E-state index contributed by atoms with van der Waals surface area (Å²) >= 11 is 0. The molecule has 2 aromatic rings. The maximum atomic E-state index is 12.4. The van der Waals surface area contributed by atoms with Crippen molar-refractivity contribution in [1.82, 2.24) is 5.32 Å². The van der Waals surface area contributed by atoms with Gasteiger partial charge in [0.05, 0.1) is 11.3 Å². The van der Waals surface area contributed by atoms with Crippen LogP contribution in [0.2, 0.25) is 0 Å². The summed E-state index contributed by atoms with van der Waals surface area (Å²) in [5, 5.41) is 14.4. The molecule has 0 radical (unpaired) electrons. The van der Waals surface area contributed by atoms with Gasteiger partial charge in [0.25, 0.3) is 5.91 Å². The number of carboxylic acids is 1. The smallest absolute Gasteiger partial charge is 0.326 e. The van der Waals surface area contributed by atoms with Gasteiger partial charge in [-0.1, -0.05) is 54.6 Å². The Morgan fingerprint density at radius 2 is 1.69 bits per heavy atom. The van der Waals surface area contributed by atoms with E-state index in [1.807, 2.05) is 30.3 Å². The van der Waals surface area contributed by atoms with E-state index < -0.39 is 17.9 Å². The zero-order valence-corrected chi connectivity index (χ0v) is 14.3. The Hall–Kier alpha value is -3.41. The number of nitrogens with one attached hydrogen (secondary N) is 2. The number of carbonyl (C=O) groups is 3. The maximum Gasteiger partial charge on any atom is 0.326 e. The molecule has 26 heavy (non-hydrogen) atoms. The molecule has 3 N–H and O–H groups in total. The maximum absolute atomic E-state index is 12.4. The van der Waals surface area contributed by atoms with Crippen LogP contribution in [0.25, 0.3) is 6.08 Å². The van der Waals surface area contributed by atoms with Crippen LogP contribution >= 0.6 is 0 Å². The van der Waals surface area contributed by atoms with Crippen LogP contribution in [0.5, 0.6) is 0 Å². The van der Waals surface area contributed by atoms with Crippen LogP contribution in [0, 0.1) is 0 Å². The van der Waals surface area contributed by atoms with Gasteiger partial charge < -0.3 is 15.7 Å². The van der Waals surface area contributed by atoms with Crippen LogP contribution in [-0.2, 0) is 9.59 Å². The number of anilines is 1. The quantitative estimate of drug-likeness (QED) is 0.714. The van der Waals surface area contributed by atoms with Gasteiger partial charge in [0.1, 0.15) is 6.04 Å². The zero-order valence-electron chi connectivity index (χ0n) is 14.3. The second-order valence-electron chi connectivity index (χ2n) is 5.64. The monoisotopic (exact) mass is 352 g/mol. The fourth-order valence-corrected chi connectivity index (χ4v) is 2.34. The van der Waals surface area contributed by atoms with E-state index in [0.717, 1.165) is 5.56 Å². The van der Waals surface area contributed by atoms with Gasteiger partial charge in [-0.25, -0.2) is 4.79 Å². The third-order valence-corrected chi connectivity index (χ3v) is 3.57. The molecule has 0 spiro atoms. The number of para-hydroxylation sites is 1. The molecule has 134 valence electrons. The Balaban J connectivity index is 2.08. The molecule has 2 amide bonds. The number of aliphatic carboxylic acids is 1. The van der Waals surface area contributed by atoms with Gasteiger partial charge in [-0.3, -0.25) is 9.59 Å². The van der Waals surface area contributed by atoms with Crippen LogP contribution in [0.15, 0.2) is 60.7 Å². The number of amides is 2. The lowest BCUT2D eigenvalue weighted by Crippen LogP contribution is -2.40. The van der Waals surface area contributed by atoms with Gasteiger partial charge in [-0.05, 0) is 24.1 Å². The van der Waals surface area contributed by atoms with E-state index in [9.17, 15) is 19.5 Å². The summed E-state index contributed by atoms with van der Waals surface area (Å²) < 4.78 is 0. The molecule has 0 saturated heterocycles. The number of benzene rings is 2. The van der Waals surface area contributed by atoms with Gasteiger partial charge in [0.15, 0.2) is 0 Å². The first-order chi connectivity index (χ1) is 12.5. The van der Waals surface area contributed by atoms with E-state index >= 15 is 0 Å². The van der Waals surface area contributed by atoms with Gasteiger partial charge in [-0.2, -0.15) is 0 Å². The molecular formula is C20H20N2O4. The molecule has 0 heterocycles. The number of hydrogen-bond donors (Lipinski definition) is 3. The third-order valence-electron chi connectivity index (χ3n) is 3.57. The standard InChI is InChI=1S/C20H20N2O4/c1-14(23)21-17-12-6-5-11-16(17)19(24)22-18(20(25)26)13-7-10-15-8-3-2-4-9-15/h2-12,18H,13H2,1H3,(H,21,23)(H,22,24)(H,25,26)/b10-7+/t18-/m1/s1. The summed E-state index contributed by atoms with van der Waals surface area (Å²) in [5.74, 6) is -2.01. The molecule has 6 nitrogen and oxygen atoms in total. The van der Waals surface area contributed by atoms with E-state index in [1.54, 1.807) is 30.4 Å². The molecule has 0 unspecified atom stereocenters. The largest absolute Gasteiger partial charge is 0.480 e. The van der Waals surface area contributed by atoms with Crippen LogP contribution in [0.4, 0.5) is 5.69 Å². The lowest BCUT2D eigenvalue weighted by molar-refractivity contribution is -0.139. The Labute approximate surface area is 151 Å². The third kappa shape index (κ3) is 5.59. The summed E-state index contributed by atoms with van der Waals surface area (Å²) in [4.78, 5) is 35.1. The highest BCUT2D eigenvalue weighted by molar-refractivity contribution is 6.04. The molecule has 6 heteroatoms. The summed E-state index contributed by atoms with van der Waals surface area (Å²) in [7, 11) is 0. The van der Waals surface area contributed by atoms with E-state index in [4.69, 9.17) is 0 Å². The molecule has 2 aromatic carbocycles. The van der Waals surface area contributed by atoms with Crippen molar-refractivity contribution in [2.45, 2.75) is 19.4 Å². The molecule has 1 atom stereocenters. The second-order valence-corrected chi connectivity index (χ2v) is 5.64. The van der Waals surface area contributed by atoms with Gasteiger partial charge >= 0.3 is 5.97 Å². The predicted molar refractivity (Wildman–Crippen MR) is 99.7 cm³/mol. The van der Waals surface area contributed by atoms with E-state index in [1.165, 1.54) is 13.0 Å². The Morgan fingerprint density at radius 1 is 1.04 bits per heavy atom. The van der Waals surface area contributed by atoms with Gasteiger partial charge in [0, 0.05) is 6.92 Å². The summed E-state index contributed by atoms with van der Waals surface area (Å²) in [5.41, 5.74) is 1.49. The summed E-state index contributed by atoms with van der Waals surface area (Å²) in [6, 6.07) is 14.8. The normalized spacial score (nSPS) is 11.7. The van der Waals surface area contributed by atoms with Crippen LogP contribution in [-0.4, -0.2) is 28.9 Å². The lowest BCUT2D eigenvalue weighted by atomic mass is 10.1. The first-order valence-corrected chi connectivity index (χ1v) is 8.09. The van der Waals surface area contributed by atoms with Gasteiger partial charge in [-0.15, -0.1) is 0 Å². The van der Waals surface area contributed by atoms with E-state index in [0.29, 0.717) is 5.69 Å². The molecule has 0 aliphatic rings. The average molecular weight is 352 g/mol. The van der Waals surface area contributed by atoms with Crippen LogP contribution < -0.4 is 10.6 Å². The Kier molecular flexibility index (Phi) is 6.68. The van der Waals surface area contributed by atoms with Crippen molar-refractivity contribution in [2.24, 2.45) is 0 Å². The van der Waals surface area contributed by atoms with Crippen molar-refractivity contribution >= 4 is 29.5 Å². The highest BCUT2D eigenvalue weighted by Crippen LogP contribution is 2.15. The number of rotatable bonds is 7. The van der Waals surface area contributed by atoms with Crippen molar-refractivity contribution in [2.75, 3.05) is 5.32 Å². The fraction of sp³-hybridized carbons (Fsp3) is 0.150. The van der Waals surface area contributed by atoms with Gasteiger partial charge in [0.2, 0.25) is 5.91 Å². The first-order valence-electron chi connectivity index (χ1n) is 8.09. The van der Waals surface area contributed by atoms with Crippen molar-refractivity contribution in [3.63, 3.8) is 0 Å². The molecule has 0 aliphatic carbocycles. The van der Waals surface area contributed by atoms with Crippen molar-refractivity contribution in [1.29, 1.82) is 0 Å². The minimum Gasteiger partial charge on any atom is -0.480 e. The summed E-state index contributed by atoms with van der Waals surface area (Å²) in [6.07, 6.45) is 3.64. The van der Waals surface area contributed by atoms with Crippen molar-refractivity contribution in [3.8, 4) is 0 Å². The fourth-order valence-electron chi connectivity index (χ4n) is 2.34. The minimum atomic E-state index is -1.13. The highest BCUT2D eigenvalue weighted by Gasteiger charge is 2.21. The molecular weight excluding hydrogens is 332 g/mol. The van der Waals surface area contributed by atoms with Crippen LogP contribution in [0.1, 0.15) is 29.3 Å². The topological polar surface area (TPSA) is 95.5 Å². The second kappa shape index (κ2) is 9.17. The molecule has 0 aliphatic heterocycles. The molecule has 0 aromatic heterocycles. The predicted octanol–water partition coefficient (Wildman–Crippen LogP) is 2.93. The molecule has 0 bridgehead atoms. The SMILES string of the molecule is CC(=O)Nc1ccccc1C(=O)N[C@H](C/C=C/c1ccccc1)C(=O)O. The van der Waals surface area contributed by atoms with Crippen LogP contribution in [0.3, 0.4) is 0 Å². The highest BCUT2D eigenvalue weighted by atomic mass is 16.4. The Morgan fingerprint density at radius 3 is 2.35 bits per heavy atom. The molecule has 2 rings (SSSR count). The number of carboxylic acid groups (broad SMARTS) is 1. The number of carbonyl (C=O) groups excluding carboxylic acids is 2. The van der Waals surface area contributed by atoms with E-state index in [-0.39, 0.29) is 17.9 Å². The average Bonchev–Trinajstić information content (AvgIpc) is 2.61. The Bertz CT molecular complexity index is 816. The zero-order chi connectivity index (χ0) is 18.9. The molecule has 0 fully saturated rings. The van der Waals surface area contributed by atoms with Crippen molar-refractivity contribution < 1.29 is 19.5 Å². The first kappa shape index (κ1) is 18.9. The van der Waals surface area contributed by atoms with E-state index in [2.05, 4.69) is 10.6 Å². The number of hydrogen-bond acceptors (Lipinski definition) is 3. The molecule has 0 saturated carbocycles. The lowest BCUT2D eigenvalue weighted by Gasteiger charge is -2.15. The minimum absolute atomic E-state index is 0.137. The summed E-state index contributed by atoms with van der Waals surface area (Å²) in [6.45, 7) is 1.34.